The molecule has 2 aromatic rings. The highest BCUT2D eigenvalue weighted by Crippen LogP contribution is 2.41. The fourth-order valence-corrected chi connectivity index (χ4v) is 3.66. The number of fused-ring (bicyclic) bond motifs is 1. The first-order valence-corrected chi connectivity index (χ1v) is 8.34. The zero-order valence-corrected chi connectivity index (χ0v) is 14.3. The third-order valence-electron chi connectivity index (χ3n) is 4.31. The van der Waals surface area contributed by atoms with Crippen LogP contribution in [0, 0.1) is 0 Å². The van der Waals surface area contributed by atoms with E-state index in [1.807, 2.05) is 0 Å². The van der Waals surface area contributed by atoms with Gasteiger partial charge in [0.25, 0.3) is 0 Å². The maximum Gasteiger partial charge on any atom is 0.0926 e. The van der Waals surface area contributed by atoms with E-state index >= 15 is 0 Å². The van der Waals surface area contributed by atoms with Crippen LogP contribution in [0.1, 0.15) is 43.6 Å². The summed E-state index contributed by atoms with van der Waals surface area (Å²) in [5.41, 5.74) is 6.17. The largest absolute Gasteiger partial charge is 0.387 e. The molecule has 3 rings (SSSR count). The fraction of sp³-hybridized carbons (Fsp3) is 0.368. The normalized spacial score (nSPS) is 21.4. The Labute approximate surface area is 135 Å². The molecule has 0 fully saturated rings. The molecule has 1 aliphatic carbocycles. The summed E-state index contributed by atoms with van der Waals surface area (Å²) in [4.78, 5) is 0.127. The van der Waals surface area contributed by atoms with Gasteiger partial charge in [-0.3, -0.25) is 0 Å². The Balaban J connectivity index is 2.05. The van der Waals surface area contributed by atoms with Gasteiger partial charge in [-0.25, -0.2) is 0 Å². The zero-order chi connectivity index (χ0) is 15.2. The minimum absolute atomic E-state index is 0.127. The van der Waals surface area contributed by atoms with Crippen molar-refractivity contribution >= 4 is 15.9 Å². The first-order valence-electron chi connectivity index (χ1n) is 7.43. The van der Waals surface area contributed by atoms with Gasteiger partial charge >= 0.3 is 0 Å². The van der Waals surface area contributed by atoms with Crippen molar-refractivity contribution in [1.29, 1.82) is 0 Å². The molecule has 2 aromatic carbocycles. The summed E-state index contributed by atoms with van der Waals surface area (Å²) in [6.07, 6.45) is 0.475. The summed E-state index contributed by atoms with van der Waals surface area (Å²) in [5, 5.41) is 10.4. The number of hydrogen-bond donors (Lipinski definition) is 1. The van der Waals surface area contributed by atoms with Crippen molar-refractivity contribution in [2.24, 2.45) is 0 Å². The topological polar surface area (TPSA) is 20.2 Å². The Kier molecular flexibility index (Phi) is 3.71. The molecule has 0 bridgehead atoms. The molecule has 2 unspecified atom stereocenters. The Morgan fingerprint density at radius 3 is 2.33 bits per heavy atom. The van der Waals surface area contributed by atoms with Crippen molar-refractivity contribution in [1.82, 2.24) is 0 Å². The standard InChI is InChI=1S/C19H21BrO/c1-19(2,3)14-9-7-12(8-10-14)15-6-4-5-13-11-16(20)18(21)17(13)15/h4-10,16,18,21H,11H2,1-3H3. The van der Waals surface area contributed by atoms with Gasteiger partial charge in [0, 0.05) is 4.83 Å². The van der Waals surface area contributed by atoms with E-state index in [0.29, 0.717) is 0 Å². The monoisotopic (exact) mass is 344 g/mol. The van der Waals surface area contributed by atoms with Crippen LogP contribution >= 0.6 is 15.9 Å². The van der Waals surface area contributed by atoms with Crippen LogP contribution in [0.2, 0.25) is 0 Å². The lowest BCUT2D eigenvalue weighted by Crippen LogP contribution is -2.10. The van der Waals surface area contributed by atoms with Crippen LogP contribution < -0.4 is 0 Å². The fourth-order valence-electron chi connectivity index (χ4n) is 3.04. The molecule has 110 valence electrons. The first kappa shape index (κ1) is 14.8. The van der Waals surface area contributed by atoms with E-state index in [-0.39, 0.29) is 10.2 Å². The van der Waals surface area contributed by atoms with Crippen molar-refractivity contribution in [2.75, 3.05) is 0 Å². The van der Waals surface area contributed by atoms with Crippen LogP contribution in [-0.4, -0.2) is 9.93 Å². The van der Waals surface area contributed by atoms with Crippen LogP contribution in [-0.2, 0) is 11.8 Å². The van der Waals surface area contributed by atoms with Crippen molar-refractivity contribution in [3.05, 3.63) is 59.2 Å². The van der Waals surface area contributed by atoms with Crippen LogP contribution in [0.25, 0.3) is 11.1 Å². The SMILES string of the molecule is CC(C)(C)c1ccc(-c2cccc3c2C(O)C(Br)C3)cc1. The average molecular weight is 345 g/mol. The molecule has 0 aromatic heterocycles. The molecular weight excluding hydrogens is 324 g/mol. The summed E-state index contributed by atoms with van der Waals surface area (Å²) in [5.74, 6) is 0. The molecule has 1 N–H and O–H groups in total. The van der Waals surface area contributed by atoms with Gasteiger partial charge in [-0.2, -0.15) is 0 Å². The van der Waals surface area contributed by atoms with Crippen molar-refractivity contribution < 1.29 is 5.11 Å². The lowest BCUT2D eigenvalue weighted by molar-refractivity contribution is 0.188. The molecule has 0 radical (unpaired) electrons. The summed E-state index contributed by atoms with van der Waals surface area (Å²) < 4.78 is 0. The third kappa shape index (κ3) is 2.67. The number of hydrogen-bond acceptors (Lipinski definition) is 1. The second-order valence-electron chi connectivity index (χ2n) is 6.87. The Morgan fingerprint density at radius 2 is 1.71 bits per heavy atom. The predicted octanol–water partition coefficient (Wildman–Crippen LogP) is 5.00. The maximum atomic E-state index is 10.4. The number of aliphatic hydroxyl groups is 1. The lowest BCUT2D eigenvalue weighted by Gasteiger charge is -2.20. The van der Waals surface area contributed by atoms with Crippen LogP contribution in [0.4, 0.5) is 0 Å². The highest BCUT2D eigenvalue weighted by molar-refractivity contribution is 9.09. The predicted molar refractivity (Wildman–Crippen MR) is 92.0 cm³/mol. The molecule has 0 aliphatic heterocycles. The van der Waals surface area contributed by atoms with Crippen LogP contribution in [0.3, 0.4) is 0 Å². The van der Waals surface area contributed by atoms with E-state index in [0.717, 1.165) is 17.5 Å². The molecule has 0 heterocycles. The maximum absolute atomic E-state index is 10.4. The molecule has 21 heavy (non-hydrogen) atoms. The lowest BCUT2D eigenvalue weighted by atomic mass is 9.85. The highest BCUT2D eigenvalue weighted by atomic mass is 79.9. The van der Waals surface area contributed by atoms with Gasteiger partial charge in [-0.05, 0) is 39.7 Å². The van der Waals surface area contributed by atoms with Gasteiger partial charge in [0.2, 0.25) is 0 Å². The number of benzene rings is 2. The van der Waals surface area contributed by atoms with Crippen molar-refractivity contribution in [2.45, 2.75) is 43.5 Å². The molecule has 0 spiro atoms. The molecule has 2 atom stereocenters. The van der Waals surface area contributed by atoms with E-state index in [9.17, 15) is 5.11 Å². The number of alkyl halides is 1. The van der Waals surface area contributed by atoms with Gasteiger partial charge in [-0.1, -0.05) is 79.2 Å². The first-order chi connectivity index (χ1) is 9.88. The van der Waals surface area contributed by atoms with Crippen LogP contribution in [0.15, 0.2) is 42.5 Å². The minimum atomic E-state index is -0.418. The smallest absolute Gasteiger partial charge is 0.0926 e. The average Bonchev–Trinajstić information content (AvgIpc) is 2.73. The second kappa shape index (κ2) is 5.26. The summed E-state index contributed by atoms with van der Waals surface area (Å²) in [7, 11) is 0. The van der Waals surface area contributed by atoms with Gasteiger partial charge in [0.1, 0.15) is 0 Å². The minimum Gasteiger partial charge on any atom is -0.387 e. The number of rotatable bonds is 1. The van der Waals surface area contributed by atoms with Crippen LogP contribution in [0.5, 0.6) is 0 Å². The summed E-state index contributed by atoms with van der Waals surface area (Å²) >= 11 is 3.58. The zero-order valence-electron chi connectivity index (χ0n) is 12.7. The third-order valence-corrected chi connectivity index (χ3v) is 5.14. The molecule has 2 heteroatoms. The number of aliphatic hydroxyl groups excluding tert-OH is 1. The Hall–Kier alpha value is -1.12. The summed E-state index contributed by atoms with van der Waals surface area (Å²) in [6, 6.07) is 15.0. The van der Waals surface area contributed by atoms with E-state index in [1.165, 1.54) is 16.7 Å². The van der Waals surface area contributed by atoms with Gasteiger partial charge < -0.3 is 5.11 Å². The van der Waals surface area contributed by atoms with E-state index in [2.05, 4.69) is 79.2 Å². The van der Waals surface area contributed by atoms with Gasteiger partial charge in [-0.15, -0.1) is 0 Å². The molecular formula is C19H21BrO. The second-order valence-corrected chi connectivity index (χ2v) is 8.05. The molecule has 1 nitrogen and oxygen atoms in total. The van der Waals surface area contributed by atoms with Crippen molar-refractivity contribution in [3.63, 3.8) is 0 Å². The molecule has 0 saturated carbocycles. The van der Waals surface area contributed by atoms with E-state index < -0.39 is 6.10 Å². The van der Waals surface area contributed by atoms with Gasteiger partial charge in [0.05, 0.1) is 6.10 Å². The summed E-state index contributed by atoms with van der Waals surface area (Å²) in [6.45, 7) is 6.67. The Bertz CT molecular complexity index is 652. The van der Waals surface area contributed by atoms with E-state index in [1.54, 1.807) is 0 Å². The number of halogens is 1. The quantitative estimate of drug-likeness (QED) is 0.721. The van der Waals surface area contributed by atoms with Gasteiger partial charge in [0.15, 0.2) is 0 Å². The molecule has 1 aliphatic rings. The Morgan fingerprint density at radius 1 is 1.05 bits per heavy atom. The molecule has 0 amide bonds. The highest BCUT2D eigenvalue weighted by Gasteiger charge is 2.31. The molecule has 0 saturated heterocycles. The van der Waals surface area contributed by atoms with E-state index in [4.69, 9.17) is 0 Å². The van der Waals surface area contributed by atoms with Crippen molar-refractivity contribution in [3.8, 4) is 11.1 Å².